The number of fused-ring (bicyclic) bond motifs is 9. The van der Waals surface area contributed by atoms with Crippen LogP contribution in [0.25, 0.3) is 20.2 Å². The van der Waals surface area contributed by atoms with E-state index in [9.17, 15) is 24.6 Å². The van der Waals surface area contributed by atoms with Gasteiger partial charge in [-0.2, -0.15) is 0 Å². The number of nitrogens with two attached hydrogens (primary N) is 1. The molecule has 4 N–H and O–H groups in total. The van der Waals surface area contributed by atoms with Crippen molar-refractivity contribution >= 4 is 49.3 Å². The van der Waals surface area contributed by atoms with Gasteiger partial charge >= 0.3 is 5.97 Å². The molecule has 46 heavy (non-hydrogen) atoms. The molecule has 1 aliphatic carbocycles. The number of aliphatic carboxylic acids is 1. The fourth-order valence-corrected chi connectivity index (χ4v) is 10.7. The number of quaternary nitrogens is 2. The smallest absolute Gasteiger partial charge is 0.352 e. The highest BCUT2D eigenvalue weighted by Crippen LogP contribution is 2.53. The van der Waals surface area contributed by atoms with Crippen LogP contribution < -0.4 is 10.5 Å². The summed E-state index contributed by atoms with van der Waals surface area (Å²) >= 11 is 1.78. The van der Waals surface area contributed by atoms with Crippen LogP contribution in [0.1, 0.15) is 31.7 Å². The third-order valence-electron chi connectivity index (χ3n) is 11.9. The molecule has 5 atom stereocenters. The lowest BCUT2D eigenvalue weighted by Crippen LogP contribution is -2.76. The number of carboxylic acids is 1. The summed E-state index contributed by atoms with van der Waals surface area (Å²) in [4.78, 5) is 38.6. The Bertz CT molecular complexity index is 1790. The van der Waals surface area contributed by atoms with Crippen LogP contribution in [-0.2, 0) is 20.8 Å². The molecular weight excluding hydrogens is 604 g/mol. The number of hydrogen-bond acceptors (Lipinski definition) is 6. The first-order chi connectivity index (χ1) is 22.1. The minimum atomic E-state index is -1.11. The summed E-state index contributed by atoms with van der Waals surface area (Å²) < 4.78 is 11.2. The average Bonchev–Trinajstić information content (AvgIpc) is 3.56. The summed E-state index contributed by atoms with van der Waals surface area (Å²) in [5.74, 6) is -1.56. The number of thiophene rings is 1. The molecule has 6 heterocycles. The van der Waals surface area contributed by atoms with Gasteiger partial charge in [0.25, 0.3) is 5.91 Å². The first-order valence-corrected chi connectivity index (χ1v) is 17.5. The lowest BCUT2D eigenvalue weighted by Gasteiger charge is -2.55. The summed E-state index contributed by atoms with van der Waals surface area (Å²) in [6.07, 6.45) is 2.03. The molecular formula is C35H42N4O6S+2. The topological polar surface area (TPSA) is 130 Å². The molecule has 4 saturated heterocycles. The Morgan fingerprint density at radius 2 is 1.78 bits per heavy atom. The van der Waals surface area contributed by atoms with Crippen molar-refractivity contribution in [1.82, 2.24) is 4.90 Å². The van der Waals surface area contributed by atoms with E-state index in [2.05, 4.69) is 24.3 Å². The van der Waals surface area contributed by atoms with Crippen LogP contribution in [0.2, 0.25) is 0 Å². The Kier molecular flexibility index (Phi) is 6.99. The number of carboxylic acid groups (broad SMARTS) is 1. The number of benzene rings is 2. The molecule has 2 bridgehead atoms. The quantitative estimate of drug-likeness (QED) is 0.242. The van der Waals surface area contributed by atoms with Gasteiger partial charge in [0.15, 0.2) is 6.54 Å². The summed E-state index contributed by atoms with van der Waals surface area (Å²) in [6.45, 7) is 9.48. The Morgan fingerprint density at radius 1 is 1.07 bits per heavy atom. The number of aliphatic hydroxyl groups excluding tert-OH is 1. The second kappa shape index (κ2) is 10.8. The fraction of sp³-hybridized carbons (Fsp3) is 0.514. The van der Waals surface area contributed by atoms with E-state index < -0.39 is 24.1 Å². The van der Waals surface area contributed by atoms with E-state index in [1.54, 1.807) is 18.3 Å². The zero-order valence-electron chi connectivity index (χ0n) is 26.2. The highest BCUT2D eigenvalue weighted by Gasteiger charge is 2.62. The van der Waals surface area contributed by atoms with Crippen molar-refractivity contribution in [3.8, 4) is 5.75 Å². The van der Waals surface area contributed by atoms with E-state index in [4.69, 9.17) is 10.5 Å². The van der Waals surface area contributed by atoms with Crippen LogP contribution in [0.5, 0.6) is 5.75 Å². The predicted octanol–water partition coefficient (Wildman–Crippen LogP) is 2.85. The number of carbonyl (C=O) groups excluding carboxylic acids is 2. The summed E-state index contributed by atoms with van der Waals surface area (Å²) in [6, 6.07) is 12.3. The summed E-state index contributed by atoms with van der Waals surface area (Å²) in [5, 5.41) is 22.8. The van der Waals surface area contributed by atoms with Crippen molar-refractivity contribution in [3.05, 3.63) is 53.2 Å². The van der Waals surface area contributed by atoms with Gasteiger partial charge in [-0.1, -0.05) is 24.3 Å². The number of β-lactam (4-membered cyclic amide) rings is 1. The number of piperazine rings is 3. The van der Waals surface area contributed by atoms with Gasteiger partial charge in [0, 0.05) is 38.1 Å². The average molecular weight is 647 g/mol. The van der Waals surface area contributed by atoms with Crippen molar-refractivity contribution in [2.45, 2.75) is 50.9 Å². The van der Waals surface area contributed by atoms with E-state index in [0.29, 0.717) is 18.5 Å². The van der Waals surface area contributed by atoms with E-state index in [-0.39, 0.29) is 29.5 Å². The fourth-order valence-electron chi connectivity index (χ4n) is 9.48. The van der Waals surface area contributed by atoms with E-state index in [1.165, 1.54) is 15.2 Å². The van der Waals surface area contributed by atoms with Crippen molar-refractivity contribution in [3.63, 3.8) is 0 Å². The molecule has 5 unspecified atom stereocenters. The molecule has 5 aliphatic heterocycles. The molecule has 2 amide bonds. The molecule has 6 aliphatic rings. The molecule has 10 nitrogen and oxygen atoms in total. The SMILES string of the molecule is CC(O)C1C(=O)N2C(C(=O)O)=C3C(Oc4cccc5sc6c(CC[N+]78CC[N+](CC(N)=O)(CC7)CC8)cccc6c45)CCCC3C12. The Hall–Kier alpha value is -3.51. The third-order valence-corrected chi connectivity index (χ3v) is 13.1. The second-order valence-corrected chi connectivity index (χ2v) is 15.4. The number of primary amides is 1. The van der Waals surface area contributed by atoms with Gasteiger partial charge in [-0.15, -0.1) is 11.3 Å². The molecule has 0 spiro atoms. The van der Waals surface area contributed by atoms with Crippen LogP contribution in [0.3, 0.4) is 0 Å². The maximum absolute atomic E-state index is 13.0. The summed E-state index contributed by atoms with van der Waals surface area (Å²) in [5.41, 5.74) is 7.67. The Morgan fingerprint density at radius 3 is 2.48 bits per heavy atom. The normalized spacial score (nSPS) is 32.4. The molecule has 2 aromatic carbocycles. The first kappa shape index (κ1) is 29.9. The molecule has 1 aromatic heterocycles. The van der Waals surface area contributed by atoms with E-state index >= 15 is 0 Å². The lowest BCUT2D eigenvalue weighted by molar-refractivity contribution is -1.08. The Labute approximate surface area is 271 Å². The minimum absolute atomic E-state index is 0.0554. The number of amides is 2. The monoisotopic (exact) mass is 646 g/mol. The van der Waals surface area contributed by atoms with Crippen LogP contribution in [0.15, 0.2) is 47.7 Å². The molecule has 9 rings (SSSR count). The third kappa shape index (κ3) is 4.50. The van der Waals surface area contributed by atoms with Gasteiger partial charge in [0.1, 0.15) is 56.8 Å². The number of ether oxygens (including phenoxy) is 1. The van der Waals surface area contributed by atoms with Crippen LogP contribution in [-0.4, -0.2) is 112 Å². The number of aliphatic hydroxyl groups is 1. The molecule has 242 valence electrons. The zero-order chi connectivity index (χ0) is 32.0. The number of carbonyl (C=O) groups is 3. The minimum Gasteiger partial charge on any atom is -0.485 e. The van der Waals surface area contributed by atoms with Gasteiger partial charge < -0.3 is 34.5 Å². The summed E-state index contributed by atoms with van der Waals surface area (Å²) in [7, 11) is 0. The maximum atomic E-state index is 13.0. The second-order valence-electron chi connectivity index (χ2n) is 14.4. The van der Waals surface area contributed by atoms with Crippen LogP contribution >= 0.6 is 11.3 Å². The number of hydrogen-bond donors (Lipinski definition) is 3. The van der Waals surface area contributed by atoms with Gasteiger partial charge in [-0.05, 0) is 43.9 Å². The standard InChI is InChI=1S/C35H40N4O6S/c1-20(40)28-31-22-6-3-8-25(30(22)32(35(43)44)37(31)34(28)42)45-24-9-4-10-26-29(24)23-7-2-5-21(33(23)46-26)11-12-38-13-16-39(17-14-38,18-15-38)19-27(36)41/h2,4-5,7,9-10,20,22,25,28,31,40H,3,6,8,11-19H2,1H3,(H-2,36,41,43,44)/p+2. The molecule has 1 saturated carbocycles. The van der Waals surface area contributed by atoms with Crippen LogP contribution in [0.4, 0.5) is 0 Å². The molecule has 3 aromatic rings. The van der Waals surface area contributed by atoms with Crippen molar-refractivity contribution in [2.24, 2.45) is 17.6 Å². The van der Waals surface area contributed by atoms with Crippen molar-refractivity contribution in [1.29, 1.82) is 0 Å². The highest BCUT2D eigenvalue weighted by molar-refractivity contribution is 7.26. The maximum Gasteiger partial charge on any atom is 0.352 e. The van der Waals surface area contributed by atoms with Gasteiger partial charge in [0.05, 0.1) is 24.6 Å². The highest BCUT2D eigenvalue weighted by atomic mass is 32.1. The zero-order valence-corrected chi connectivity index (χ0v) is 27.0. The molecule has 11 heteroatoms. The molecule has 5 fully saturated rings. The number of nitrogens with zero attached hydrogens (tertiary/aromatic N) is 3. The van der Waals surface area contributed by atoms with E-state index in [1.807, 2.05) is 12.1 Å². The van der Waals surface area contributed by atoms with E-state index in [0.717, 1.165) is 95.3 Å². The molecule has 0 radical (unpaired) electrons. The first-order valence-electron chi connectivity index (χ1n) is 16.7. The van der Waals surface area contributed by atoms with Gasteiger partial charge in [-0.3, -0.25) is 9.59 Å². The van der Waals surface area contributed by atoms with Gasteiger partial charge in [-0.25, -0.2) is 4.79 Å². The Balaban J connectivity index is 1.08. The lowest BCUT2D eigenvalue weighted by atomic mass is 9.71. The van der Waals surface area contributed by atoms with Crippen LogP contribution in [0, 0.1) is 11.8 Å². The largest absolute Gasteiger partial charge is 0.485 e. The number of rotatable bonds is 9. The van der Waals surface area contributed by atoms with Crippen molar-refractivity contribution < 1.29 is 38.3 Å². The van der Waals surface area contributed by atoms with Crippen molar-refractivity contribution in [2.75, 3.05) is 52.4 Å². The van der Waals surface area contributed by atoms with Gasteiger partial charge in [0.2, 0.25) is 5.91 Å². The predicted molar refractivity (Wildman–Crippen MR) is 174 cm³/mol.